The van der Waals surface area contributed by atoms with Crippen LogP contribution in [0.15, 0.2) is 48.8 Å². The van der Waals surface area contributed by atoms with Crippen LogP contribution in [0.1, 0.15) is 25.1 Å². The van der Waals surface area contributed by atoms with Gasteiger partial charge < -0.3 is 13.1 Å². The van der Waals surface area contributed by atoms with Gasteiger partial charge in [-0.15, -0.1) is 0 Å². The van der Waals surface area contributed by atoms with Crippen LogP contribution in [-0.4, -0.2) is 30.3 Å². The van der Waals surface area contributed by atoms with Crippen molar-refractivity contribution in [3.8, 4) is 11.5 Å². The fraction of sp³-hybridized carbons (Fsp3) is 0.182. The van der Waals surface area contributed by atoms with Gasteiger partial charge in [0.25, 0.3) is 0 Å². The Hall–Kier alpha value is -2.97. The molecule has 0 aliphatic heterocycles. The molecule has 27 heavy (non-hydrogen) atoms. The summed E-state index contributed by atoms with van der Waals surface area (Å²) in [5, 5.41) is 21.1. The zero-order valence-electron chi connectivity index (χ0n) is 18.1. The van der Waals surface area contributed by atoms with E-state index in [1.165, 1.54) is 11.1 Å². The number of benzene rings is 2. The van der Waals surface area contributed by atoms with E-state index >= 15 is 0 Å². The predicted molar refractivity (Wildman–Crippen MR) is 114 cm³/mol. The number of hydrogen-bond acceptors (Lipinski definition) is 4. The molecule has 0 fully saturated rings. The number of aromatic hydroxyl groups is 2. The first-order valence-electron chi connectivity index (χ1n) is 8.48. The van der Waals surface area contributed by atoms with Gasteiger partial charge in [0.15, 0.2) is 0 Å². The first-order chi connectivity index (χ1) is 12.4. The third-order valence-corrected chi connectivity index (χ3v) is 4.80. The van der Waals surface area contributed by atoms with Crippen LogP contribution in [0.3, 0.4) is 0 Å². The molecule has 4 rings (SSSR count). The van der Waals surface area contributed by atoms with Crippen LogP contribution in [0.2, 0.25) is 0 Å². The van der Waals surface area contributed by atoms with Crippen LogP contribution >= 0.6 is 0 Å². The van der Waals surface area contributed by atoms with E-state index in [4.69, 9.17) is 0 Å². The molecule has 2 heterocycles. The Morgan fingerprint density at radius 2 is 1.04 bits per heavy atom. The quantitative estimate of drug-likeness (QED) is 0.437. The summed E-state index contributed by atoms with van der Waals surface area (Å²) in [5.41, 5.74) is 6.04. The average Bonchev–Trinajstić information content (AvgIpc) is 2.63. The van der Waals surface area contributed by atoms with Crippen LogP contribution < -0.4 is 0 Å². The minimum atomic E-state index is 0. The maximum atomic E-state index is 9.52. The molecule has 4 aromatic rings. The van der Waals surface area contributed by atoms with Crippen molar-refractivity contribution in [1.82, 2.24) is 9.97 Å². The number of nitrogens with zero attached hydrogens (tertiary/aromatic N) is 2. The van der Waals surface area contributed by atoms with E-state index in [-0.39, 0.29) is 24.5 Å². The average molecular weight is 357 g/mol. The van der Waals surface area contributed by atoms with Crippen LogP contribution in [0.4, 0.5) is 0 Å². The third kappa shape index (κ3) is 3.91. The van der Waals surface area contributed by atoms with E-state index in [2.05, 4.69) is 9.97 Å². The molecule has 0 bridgehead atoms. The van der Waals surface area contributed by atoms with Crippen molar-refractivity contribution < 1.29 is 13.1 Å². The summed E-state index contributed by atoms with van der Waals surface area (Å²) in [5.74, 6) is 0.501. The number of phenols is 2. The maximum Gasteiger partial charge on any atom is 2.00 e. The zero-order chi connectivity index (χ0) is 18.8. The van der Waals surface area contributed by atoms with E-state index < -0.39 is 0 Å². The minimum absolute atomic E-state index is 0. The molecule has 5 heteroatoms. The molecular weight excluding hydrogens is 333 g/mol. The van der Waals surface area contributed by atoms with Crippen molar-refractivity contribution in [2.75, 3.05) is 0 Å². The van der Waals surface area contributed by atoms with Crippen molar-refractivity contribution in [3.05, 3.63) is 71.0 Å². The predicted octanol–water partition coefficient (Wildman–Crippen LogP) is 4.96. The van der Waals surface area contributed by atoms with Crippen LogP contribution in [0.25, 0.3) is 21.8 Å². The summed E-state index contributed by atoms with van der Waals surface area (Å²) in [6, 6.07) is 10.9. The molecule has 0 saturated heterocycles. The van der Waals surface area contributed by atoms with Crippen molar-refractivity contribution in [2.45, 2.75) is 27.7 Å². The van der Waals surface area contributed by atoms with Gasteiger partial charge in [-0.1, -0.05) is 24.3 Å². The van der Waals surface area contributed by atoms with E-state index in [9.17, 15) is 10.2 Å². The number of aromatic nitrogens is 2. The largest absolute Gasteiger partial charge is 2.00 e. The molecule has 0 aliphatic carbocycles. The third-order valence-electron chi connectivity index (χ3n) is 4.80. The van der Waals surface area contributed by atoms with Gasteiger partial charge in [0.1, 0.15) is 22.5 Å². The van der Waals surface area contributed by atoms with Crippen molar-refractivity contribution in [3.63, 3.8) is 0 Å². The number of fused-ring (bicyclic) bond motifs is 2. The van der Waals surface area contributed by atoms with Gasteiger partial charge in [-0.25, -0.2) is 0 Å². The summed E-state index contributed by atoms with van der Waals surface area (Å²) in [4.78, 5) is 8.38. The second-order valence-corrected chi connectivity index (χ2v) is 6.48. The Kier molecular flexibility index (Phi) is 6.14. The zero-order valence-corrected chi connectivity index (χ0v) is 16.1. The number of pyridine rings is 2. The molecule has 136 valence electrons. The van der Waals surface area contributed by atoms with Gasteiger partial charge in [0, 0.05) is 23.2 Å². The fourth-order valence-corrected chi connectivity index (χ4v) is 2.88. The van der Waals surface area contributed by atoms with E-state index in [1.807, 2.05) is 52.0 Å². The Morgan fingerprint density at radius 3 is 1.41 bits per heavy atom. The molecule has 4 nitrogen and oxygen atoms in total. The molecule has 0 spiro atoms. The second-order valence-electron chi connectivity index (χ2n) is 6.48. The first-order valence-corrected chi connectivity index (χ1v) is 8.48. The summed E-state index contributed by atoms with van der Waals surface area (Å²) in [6.07, 6.45) is 3.58. The standard InChI is InChI=1S/2C11H11NO.Be.2H/c2*1-7-6-12-11-9(8(7)2)4-3-5-10(11)13;;;/h2*3-6,13H,1-2H3;;;/q;;+2;2*-1. The number of para-hydroxylation sites is 2. The summed E-state index contributed by atoms with van der Waals surface area (Å²) in [6.45, 7) is 8.12. The van der Waals surface area contributed by atoms with Gasteiger partial charge >= 0.3 is 10.1 Å². The van der Waals surface area contributed by atoms with Crippen LogP contribution in [-0.2, 0) is 0 Å². The Bertz CT molecular complexity index is 1030. The summed E-state index contributed by atoms with van der Waals surface area (Å²) >= 11 is 0. The molecule has 0 atom stereocenters. The monoisotopic (exact) mass is 357 g/mol. The molecule has 0 amide bonds. The Balaban J connectivity index is 0.000000490. The van der Waals surface area contributed by atoms with Gasteiger partial charge in [0.05, 0.1) is 0 Å². The fourth-order valence-electron chi connectivity index (χ4n) is 2.88. The number of hydrogen-bond donors (Lipinski definition) is 2. The molecule has 2 aromatic heterocycles. The van der Waals surface area contributed by atoms with Crippen LogP contribution in [0.5, 0.6) is 11.5 Å². The van der Waals surface area contributed by atoms with E-state index in [1.54, 1.807) is 24.5 Å². The summed E-state index contributed by atoms with van der Waals surface area (Å²) in [7, 11) is 0. The van der Waals surface area contributed by atoms with Gasteiger partial charge in [-0.2, -0.15) is 0 Å². The second kappa shape index (κ2) is 8.15. The molecule has 0 unspecified atom stereocenters. The number of aryl methyl sites for hydroxylation is 4. The van der Waals surface area contributed by atoms with Gasteiger partial charge in [-0.05, 0) is 62.1 Å². The van der Waals surface area contributed by atoms with Crippen molar-refractivity contribution >= 4 is 31.9 Å². The number of phenolic OH excluding ortho intramolecular Hbond substituents is 2. The minimum Gasteiger partial charge on any atom is -1.00 e. The molecule has 2 N–H and O–H groups in total. The van der Waals surface area contributed by atoms with Crippen molar-refractivity contribution in [2.24, 2.45) is 0 Å². The molecule has 0 radical (unpaired) electrons. The Morgan fingerprint density at radius 1 is 0.667 bits per heavy atom. The SMILES string of the molecule is Cc1cnc2c(O)cccc2c1C.Cc1cnc2c(O)cccc2c1C.[Be+2].[H-].[H-]. The van der Waals surface area contributed by atoms with Gasteiger partial charge in [-0.3, -0.25) is 9.97 Å². The van der Waals surface area contributed by atoms with Crippen LogP contribution in [0, 0.1) is 27.7 Å². The van der Waals surface area contributed by atoms with E-state index in [0.29, 0.717) is 11.0 Å². The first kappa shape index (κ1) is 20.3. The maximum absolute atomic E-state index is 9.52. The smallest absolute Gasteiger partial charge is 1.00 e. The van der Waals surface area contributed by atoms with E-state index in [0.717, 1.165) is 21.9 Å². The van der Waals surface area contributed by atoms with Crippen molar-refractivity contribution in [1.29, 1.82) is 0 Å². The summed E-state index contributed by atoms with van der Waals surface area (Å²) < 4.78 is 0. The Labute approximate surface area is 165 Å². The molecule has 2 aromatic carbocycles. The molecule has 0 saturated carbocycles. The topological polar surface area (TPSA) is 66.2 Å². The normalized spacial score (nSPS) is 10.2. The molecular formula is C22H24BeN2O2. The number of rotatable bonds is 0. The van der Waals surface area contributed by atoms with Gasteiger partial charge in [0.2, 0.25) is 0 Å². The molecule has 0 aliphatic rings.